The lowest BCUT2D eigenvalue weighted by atomic mass is 10.3. The van der Waals surface area contributed by atoms with Crippen LogP contribution in [-0.4, -0.2) is 7.05 Å². The summed E-state index contributed by atoms with van der Waals surface area (Å²) < 4.78 is 18.4. The van der Waals surface area contributed by atoms with E-state index >= 15 is 0 Å². The summed E-state index contributed by atoms with van der Waals surface area (Å²) in [5, 5.41) is 3.01. The van der Waals surface area contributed by atoms with E-state index in [4.69, 9.17) is 4.74 Å². The van der Waals surface area contributed by atoms with E-state index in [0.717, 1.165) is 5.69 Å². The van der Waals surface area contributed by atoms with Crippen LogP contribution in [0.15, 0.2) is 48.5 Å². The molecule has 0 heterocycles. The second-order valence-corrected chi connectivity index (χ2v) is 3.33. The van der Waals surface area contributed by atoms with Crippen molar-refractivity contribution in [3.63, 3.8) is 0 Å². The monoisotopic (exact) mass is 217 g/mol. The summed E-state index contributed by atoms with van der Waals surface area (Å²) in [6, 6.07) is 13.5. The van der Waals surface area contributed by atoms with Gasteiger partial charge in [0.1, 0.15) is 17.3 Å². The van der Waals surface area contributed by atoms with Gasteiger partial charge in [0.15, 0.2) is 0 Å². The van der Waals surface area contributed by atoms with E-state index in [1.807, 2.05) is 31.3 Å². The van der Waals surface area contributed by atoms with Crippen molar-refractivity contribution in [3.05, 3.63) is 54.3 Å². The first kappa shape index (κ1) is 10.5. The maximum Gasteiger partial charge on any atom is 0.130 e. The molecule has 0 radical (unpaired) electrons. The number of hydrogen-bond acceptors (Lipinski definition) is 2. The van der Waals surface area contributed by atoms with E-state index < -0.39 is 0 Å². The number of rotatable bonds is 3. The van der Waals surface area contributed by atoms with E-state index in [2.05, 4.69) is 5.32 Å². The molecule has 2 rings (SSSR count). The van der Waals surface area contributed by atoms with Crippen LogP contribution >= 0.6 is 0 Å². The van der Waals surface area contributed by atoms with Crippen LogP contribution < -0.4 is 10.1 Å². The maximum absolute atomic E-state index is 12.9. The number of nitrogens with one attached hydrogen (secondary N) is 1. The molecule has 0 aliphatic heterocycles. The summed E-state index contributed by atoms with van der Waals surface area (Å²) >= 11 is 0. The number of ether oxygens (including phenoxy) is 1. The van der Waals surface area contributed by atoms with Crippen molar-refractivity contribution in [2.24, 2.45) is 0 Å². The first-order valence-electron chi connectivity index (χ1n) is 4.99. The molecule has 2 nitrogen and oxygen atoms in total. The Bertz CT molecular complexity index is 468. The van der Waals surface area contributed by atoms with Gasteiger partial charge in [-0.3, -0.25) is 0 Å². The molecule has 2 aromatic rings. The molecule has 0 amide bonds. The summed E-state index contributed by atoms with van der Waals surface area (Å²) in [6.07, 6.45) is 0. The first-order chi connectivity index (χ1) is 7.78. The van der Waals surface area contributed by atoms with Crippen molar-refractivity contribution in [1.82, 2.24) is 0 Å². The molecule has 0 aromatic heterocycles. The van der Waals surface area contributed by atoms with Crippen molar-refractivity contribution in [1.29, 1.82) is 0 Å². The van der Waals surface area contributed by atoms with E-state index in [1.165, 1.54) is 12.1 Å². The van der Waals surface area contributed by atoms with Crippen LogP contribution in [0.3, 0.4) is 0 Å². The second-order valence-electron chi connectivity index (χ2n) is 3.33. The van der Waals surface area contributed by atoms with Crippen LogP contribution in [0, 0.1) is 5.82 Å². The Labute approximate surface area is 93.7 Å². The highest BCUT2D eigenvalue weighted by Crippen LogP contribution is 2.23. The van der Waals surface area contributed by atoms with Gasteiger partial charge >= 0.3 is 0 Å². The van der Waals surface area contributed by atoms with E-state index in [9.17, 15) is 4.39 Å². The van der Waals surface area contributed by atoms with Crippen molar-refractivity contribution >= 4 is 5.69 Å². The molecule has 0 unspecified atom stereocenters. The summed E-state index contributed by atoms with van der Waals surface area (Å²) in [4.78, 5) is 0. The molecule has 0 atom stereocenters. The summed E-state index contributed by atoms with van der Waals surface area (Å²) in [6.45, 7) is 0. The van der Waals surface area contributed by atoms with Crippen LogP contribution in [0.1, 0.15) is 0 Å². The van der Waals surface area contributed by atoms with Crippen LogP contribution in [0.5, 0.6) is 11.5 Å². The van der Waals surface area contributed by atoms with Gasteiger partial charge < -0.3 is 10.1 Å². The molecule has 0 spiro atoms. The van der Waals surface area contributed by atoms with Crippen LogP contribution in [0.2, 0.25) is 0 Å². The minimum absolute atomic E-state index is 0.302. The van der Waals surface area contributed by atoms with Crippen molar-refractivity contribution < 1.29 is 9.13 Å². The number of anilines is 1. The number of benzene rings is 2. The van der Waals surface area contributed by atoms with Gasteiger partial charge in [-0.25, -0.2) is 4.39 Å². The predicted octanol–water partition coefficient (Wildman–Crippen LogP) is 3.66. The van der Waals surface area contributed by atoms with E-state index in [0.29, 0.717) is 11.5 Å². The molecule has 3 heteroatoms. The van der Waals surface area contributed by atoms with Crippen LogP contribution in [0.25, 0.3) is 0 Å². The zero-order valence-electron chi connectivity index (χ0n) is 8.91. The van der Waals surface area contributed by atoms with Gasteiger partial charge in [0.05, 0.1) is 0 Å². The fourth-order valence-electron chi connectivity index (χ4n) is 1.36. The largest absolute Gasteiger partial charge is 0.457 e. The molecule has 0 aliphatic carbocycles. The number of hydrogen-bond donors (Lipinski definition) is 1. The van der Waals surface area contributed by atoms with E-state index in [1.54, 1.807) is 12.1 Å². The molecule has 0 saturated heterocycles. The lowest BCUT2D eigenvalue weighted by Crippen LogP contribution is -1.88. The second kappa shape index (κ2) is 4.66. The minimum Gasteiger partial charge on any atom is -0.457 e. The molecular formula is C13H12FNO. The average Bonchev–Trinajstić information content (AvgIpc) is 2.30. The van der Waals surface area contributed by atoms with Crippen molar-refractivity contribution in [3.8, 4) is 11.5 Å². The third-order valence-electron chi connectivity index (χ3n) is 2.17. The third kappa shape index (κ3) is 2.51. The highest BCUT2D eigenvalue weighted by atomic mass is 19.1. The Morgan fingerprint density at radius 2 is 1.75 bits per heavy atom. The minimum atomic E-state index is -0.302. The van der Waals surface area contributed by atoms with Gasteiger partial charge in [-0.15, -0.1) is 0 Å². The molecule has 1 N–H and O–H groups in total. The Hall–Kier alpha value is -2.03. The Kier molecular flexibility index (Phi) is 3.05. The summed E-state index contributed by atoms with van der Waals surface area (Å²) in [7, 11) is 1.85. The first-order valence-corrected chi connectivity index (χ1v) is 4.99. The summed E-state index contributed by atoms with van der Waals surface area (Å²) in [5.41, 5.74) is 1.01. The SMILES string of the molecule is CNc1ccc(Oc2cccc(F)c2)cc1. The zero-order valence-corrected chi connectivity index (χ0v) is 8.91. The molecule has 0 saturated carbocycles. The summed E-state index contributed by atoms with van der Waals surface area (Å²) in [5.74, 6) is 0.881. The van der Waals surface area contributed by atoms with Crippen molar-refractivity contribution in [2.75, 3.05) is 12.4 Å². The Morgan fingerprint density at radius 3 is 2.38 bits per heavy atom. The number of halogens is 1. The third-order valence-corrected chi connectivity index (χ3v) is 2.17. The highest BCUT2D eigenvalue weighted by Gasteiger charge is 1.98. The van der Waals surface area contributed by atoms with Gasteiger partial charge in [-0.2, -0.15) is 0 Å². The molecule has 0 bridgehead atoms. The van der Waals surface area contributed by atoms with Crippen LogP contribution in [0.4, 0.5) is 10.1 Å². The Balaban J connectivity index is 2.14. The van der Waals surface area contributed by atoms with Crippen LogP contribution in [-0.2, 0) is 0 Å². The van der Waals surface area contributed by atoms with Gasteiger partial charge in [0.2, 0.25) is 0 Å². The molecule has 0 fully saturated rings. The standard InChI is InChI=1S/C13H12FNO/c1-15-11-5-7-12(8-6-11)16-13-4-2-3-10(14)9-13/h2-9,15H,1H3. The van der Waals surface area contributed by atoms with Gasteiger partial charge in [0, 0.05) is 18.8 Å². The fourth-order valence-corrected chi connectivity index (χ4v) is 1.36. The maximum atomic E-state index is 12.9. The fraction of sp³-hybridized carbons (Fsp3) is 0.0769. The lowest BCUT2D eigenvalue weighted by molar-refractivity contribution is 0.477. The van der Waals surface area contributed by atoms with E-state index in [-0.39, 0.29) is 5.82 Å². The average molecular weight is 217 g/mol. The molecular weight excluding hydrogens is 205 g/mol. The highest BCUT2D eigenvalue weighted by molar-refractivity contribution is 5.46. The quantitative estimate of drug-likeness (QED) is 0.847. The van der Waals surface area contributed by atoms with Gasteiger partial charge in [-0.05, 0) is 36.4 Å². The molecule has 0 aliphatic rings. The smallest absolute Gasteiger partial charge is 0.130 e. The van der Waals surface area contributed by atoms with Gasteiger partial charge in [0.25, 0.3) is 0 Å². The topological polar surface area (TPSA) is 21.3 Å². The molecule has 16 heavy (non-hydrogen) atoms. The normalized spacial score (nSPS) is 9.88. The molecule has 82 valence electrons. The lowest BCUT2D eigenvalue weighted by Gasteiger charge is -2.06. The zero-order chi connectivity index (χ0) is 11.4. The molecule has 2 aromatic carbocycles. The predicted molar refractivity (Wildman–Crippen MR) is 62.5 cm³/mol. The van der Waals surface area contributed by atoms with Gasteiger partial charge in [-0.1, -0.05) is 6.07 Å². The Morgan fingerprint density at radius 1 is 1.00 bits per heavy atom. The van der Waals surface area contributed by atoms with Crippen molar-refractivity contribution in [2.45, 2.75) is 0 Å².